The summed E-state index contributed by atoms with van der Waals surface area (Å²) >= 11 is 1.76. The van der Waals surface area contributed by atoms with Gasteiger partial charge in [-0.25, -0.2) is 4.98 Å². The number of nitrogens with one attached hydrogen (secondary N) is 2. The predicted molar refractivity (Wildman–Crippen MR) is 86.2 cm³/mol. The Morgan fingerprint density at radius 3 is 2.65 bits per heavy atom. The first-order chi connectivity index (χ1) is 9.83. The number of hydrogen-bond donors (Lipinski definition) is 2. The molecular weight excluding hydrogens is 266 g/mol. The van der Waals surface area contributed by atoms with Crippen LogP contribution in [-0.2, 0) is 6.42 Å². The molecule has 0 spiro atoms. The molecule has 2 rings (SSSR count). The quantitative estimate of drug-likeness (QED) is 0.726. The van der Waals surface area contributed by atoms with E-state index in [0.717, 1.165) is 30.3 Å². The molecule has 0 saturated heterocycles. The molecule has 1 aromatic carbocycles. The van der Waals surface area contributed by atoms with Gasteiger partial charge in [0.05, 0.1) is 0 Å². The lowest BCUT2D eigenvalue weighted by Crippen LogP contribution is -2.24. The lowest BCUT2D eigenvalue weighted by atomic mass is 10.0. The van der Waals surface area contributed by atoms with Crippen molar-refractivity contribution in [3.63, 3.8) is 0 Å². The van der Waals surface area contributed by atoms with Crippen LogP contribution in [0.2, 0.25) is 0 Å². The summed E-state index contributed by atoms with van der Waals surface area (Å²) in [7, 11) is 0. The van der Waals surface area contributed by atoms with E-state index in [0.29, 0.717) is 6.04 Å². The van der Waals surface area contributed by atoms with Gasteiger partial charge in [0, 0.05) is 24.2 Å². The number of imidazole rings is 1. The Hall–Kier alpha value is -1.26. The average Bonchev–Trinajstić information content (AvgIpc) is 3.01. The van der Waals surface area contributed by atoms with Crippen LogP contribution in [0.4, 0.5) is 0 Å². The van der Waals surface area contributed by atoms with E-state index in [1.807, 2.05) is 6.20 Å². The number of nitrogens with zero attached hydrogens (tertiary/aromatic N) is 1. The fourth-order valence-corrected chi connectivity index (χ4v) is 2.99. The minimum absolute atomic E-state index is 0.371. The maximum atomic E-state index is 4.27. The molecule has 0 amide bonds. The summed E-state index contributed by atoms with van der Waals surface area (Å²) in [5, 5.41) is 4.61. The van der Waals surface area contributed by atoms with Crippen LogP contribution in [0.5, 0.6) is 0 Å². The molecule has 2 N–H and O–H groups in total. The number of H-pyrrole nitrogens is 1. The van der Waals surface area contributed by atoms with Crippen LogP contribution in [0, 0.1) is 0 Å². The topological polar surface area (TPSA) is 40.7 Å². The van der Waals surface area contributed by atoms with Crippen molar-refractivity contribution in [1.29, 1.82) is 0 Å². The van der Waals surface area contributed by atoms with Gasteiger partial charge in [0.15, 0.2) is 5.16 Å². The molecule has 0 fully saturated rings. The third-order valence-corrected chi connectivity index (χ3v) is 4.29. The van der Waals surface area contributed by atoms with Crippen LogP contribution in [-0.4, -0.2) is 22.3 Å². The first-order valence-corrected chi connectivity index (χ1v) is 8.26. The van der Waals surface area contributed by atoms with Gasteiger partial charge in [0.25, 0.3) is 0 Å². The summed E-state index contributed by atoms with van der Waals surface area (Å²) in [5.74, 6) is 0.985. The minimum atomic E-state index is 0.371. The molecule has 3 nitrogen and oxygen atoms in total. The van der Waals surface area contributed by atoms with E-state index in [4.69, 9.17) is 0 Å². The number of aromatic amines is 1. The van der Waals surface area contributed by atoms with E-state index in [1.54, 1.807) is 18.0 Å². The van der Waals surface area contributed by atoms with Crippen molar-refractivity contribution in [3.05, 3.63) is 47.8 Å². The zero-order chi connectivity index (χ0) is 14.2. The van der Waals surface area contributed by atoms with Gasteiger partial charge in [-0.3, -0.25) is 0 Å². The Morgan fingerprint density at radius 2 is 2.05 bits per heavy atom. The first-order valence-electron chi connectivity index (χ1n) is 7.27. The lowest BCUT2D eigenvalue weighted by Gasteiger charge is -2.18. The number of aromatic nitrogens is 2. The van der Waals surface area contributed by atoms with Gasteiger partial charge in [0.2, 0.25) is 0 Å². The average molecular weight is 289 g/mol. The highest BCUT2D eigenvalue weighted by atomic mass is 32.2. The number of aryl methyl sites for hydroxylation is 1. The molecule has 0 saturated carbocycles. The number of thioether (sulfide) groups is 1. The second-order valence-electron chi connectivity index (χ2n) is 4.81. The van der Waals surface area contributed by atoms with Gasteiger partial charge >= 0.3 is 0 Å². The third kappa shape index (κ3) is 4.39. The summed E-state index contributed by atoms with van der Waals surface area (Å²) in [6.07, 6.45) is 5.91. The highest BCUT2D eigenvalue weighted by Crippen LogP contribution is 2.22. The Kier molecular flexibility index (Phi) is 6.15. The Labute approximate surface area is 125 Å². The summed E-state index contributed by atoms with van der Waals surface area (Å²) in [5.41, 5.74) is 2.75. The Balaban J connectivity index is 2.01. The van der Waals surface area contributed by atoms with E-state index in [1.165, 1.54) is 11.1 Å². The van der Waals surface area contributed by atoms with Crippen LogP contribution >= 0.6 is 11.8 Å². The van der Waals surface area contributed by atoms with E-state index >= 15 is 0 Å². The highest BCUT2D eigenvalue weighted by Gasteiger charge is 2.11. The zero-order valence-electron chi connectivity index (χ0n) is 12.2. The molecule has 1 aromatic heterocycles. The SMILES string of the molecule is CCCNC(CSc1ncc[nH]1)c1ccc(CC)cc1. The van der Waals surface area contributed by atoms with Crippen LogP contribution in [0.25, 0.3) is 0 Å². The highest BCUT2D eigenvalue weighted by molar-refractivity contribution is 7.99. The summed E-state index contributed by atoms with van der Waals surface area (Å²) in [6.45, 7) is 5.43. The third-order valence-electron chi connectivity index (χ3n) is 3.29. The first kappa shape index (κ1) is 15.1. The van der Waals surface area contributed by atoms with Crippen molar-refractivity contribution in [2.45, 2.75) is 37.9 Å². The molecule has 1 atom stereocenters. The van der Waals surface area contributed by atoms with Crippen molar-refractivity contribution in [3.8, 4) is 0 Å². The Morgan fingerprint density at radius 1 is 1.25 bits per heavy atom. The maximum Gasteiger partial charge on any atom is 0.165 e. The van der Waals surface area contributed by atoms with Gasteiger partial charge in [-0.05, 0) is 30.5 Å². The van der Waals surface area contributed by atoms with E-state index in [2.05, 4.69) is 53.4 Å². The molecule has 0 aliphatic heterocycles. The van der Waals surface area contributed by atoms with Crippen molar-refractivity contribution in [1.82, 2.24) is 15.3 Å². The zero-order valence-corrected chi connectivity index (χ0v) is 13.0. The largest absolute Gasteiger partial charge is 0.340 e. The van der Waals surface area contributed by atoms with Crippen molar-refractivity contribution in [2.75, 3.05) is 12.3 Å². The minimum Gasteiger partial charge on any atom is -0.340 e. The molecule has 0 radical (unpaired) electrons. The van der Waals surface area contributed by atoms with Crippen molar-refractivity contribution in [2.24, 2.45) is 0 Å². The van der Waals surface area contributed by atoms with Gasteiger partial charge < -0.3 is 10.3 Å². The van der Waals surface area contributed by atoms with Crippen LogP contribution in [0.3, 0.4) is 0 Å². The molecule has 1 unspecified atom stereocenters. The van der Waals surface area contributed by atoms with Crippen LogP contribution in [0.15, 0.2) is 41.8 Å². The van der Waals surface area contributed by atoms with Crippen molar-refractivity contribution < 1.29 is 0 Å². The van der Waals surface area contributed by atoms with Gasteiger partial charge in [-0.2, -0.15) is 0 Å². The van der Waals surface area contributed by atoms with Gasteiger partial charge in [-0.15, -0.1) is 0 Å². The number of rotatable bonds is 8. The van der Waals surface area contributed by atoms with Crippen LogP contribution in [0.1, 0.15) is 37.4 Å². The van der Waals surface area contributed by atoms with E-state index < -0.39 is 0 Å². The normalized spacial score (nSPS) is 12.5. The number of benzene rings is 1. The standard InChI is InChI=1S/C16H23N3S/c1-3-9-17-15(12-20-16-18-10-11-19-16)14-7-5-13(4-2)6-8-14/h5-8,10-11,15,17H,3-4,9,12H2,1-2H3,(H,18,19). The van der Waals surface area contributed by atoms with E-state index in [9.17, 15) is 0 Å². The van der Waals surface area contributed by atoms with Gasteiger partial charge in [-0.1, -0.05) is 49.9 Å². The van der Waals surface area contributed by atoms with Gasteiger partial charge in [0.1, 0.15) is 0 Å². The molecule has 4 heteroatoms. The molecule has 108 valence electrons. The summed E-state index contributed by atoms with van der Waals surface area (Å²) < 4.78 is 0. The molecule has 0 aliphatic carbocycles. The fraction of sp³-hybridized carbons (Fsp3) is 0.438. The lowest BCUT2D eigenvalue weighted by molar-refractivity contribution is 0.577. The molecule has 0 bridgehead atoms. The summed E-state index contributed by atoms with van der Waals surface area (Å²) in [4.78, 5) is 7.41. The molecule has 1 heterocycles. The molecule has 0 aliphatic rings. The Bertz CT molecular complexity index is 479. The summed E-state index contributed by atoms with van der Waals surface area (Å²) in [6, 6.07) is 9.32. The second-order valence-corrected chi connectivity index (χ2v) is 5.82. The van der Waals surface area contributed by atoms with Crippen LogP contribution < -0.4 is 5.32 Å². The van der Waals surface area contributed by atoms with E-state index in [-0.39, 0.29) is 0 Å². The molecule has 20 heavy (non-hydrogen) atoms. The molecular formula is C16H23N3S. The molecule has 2 aromatic rings. The maximum absolute atomic E-state index is 4.27. The van der Waals surface area contributed by atoms with Crippen molar-refractivity contribution >= 4 is 11.8 Å². The smallest absolute Gasteiger partial charge is 0.165 e. The predicted octanol–water partition coefficient (Wildman–Crippen LogP) is 3.81. The second kappa shape index (κ2) is 8.12. The fourth-order valence-electron chi connectivity index (χ4n) is 2.07. The monoisotopic (exact) mass is 289 g/mol. The number of hydrogen-bond acceptors (Lipinski definition) is 3.